The molecule has 0 spiro atoms. The fraction of sp³-hybridized carbons (Fsp3) is 0.333. The number of hydrogen-bond acceptors (Lipinski definition) is 7. The molecule has 1 atom stereocenters. The van der Waals surface area contributed by atoms with Crippen molar-refractivity contribution >= 4 is 29.4 Å². The Labute approximate surface area is 350 Å². The summed E-state index contributed by atoms with van der Waals surface area (Å²) < 4.78 is 1.98. The molecule has 0 radical (unpaired) electrons. The lowest BCUT2D eigenvalue weighted by Gasteiger charge is -2.42. The summed E-state index contributed by atoms with van der Waals surface area (Å²) >= 11 is 0. The number of piperazine rings is 1. The fourth-order valence-corrected chi connectivity index (χ4v) is 8.88. The number of benzene rings is 4. The minimum absolute atomic E-state index is 0.0588. The van der Waals surface area contributed by atoms with Gasteiger partial charge in [0.25, 0.3) is 11.8 Å². The third-order valence-corrected chi connectivity index (χ3v) is 12.8. The maximum Gasteiger partial charge on any atom is 0.335 e. The van der Waals surface area contributed by atoms with Gasteiger partial charge < -0.3 is 34.4 Å². The zero-order valence-electron chi connectivity index (χ0n) is 34.7. The Morgan fingerprint density at radius 1 is 0.767 bits per heavy atom. The number of phenolic OH excluding ortho intramolecular Hbond substituents is 1. The second-order valence-electron chi connectivity index (χ2n) is 16.5. The first-order valence-electron chi connectivity index (χ1n) is 20.6. The van der Waals surface area contributed by atoms with Gasteiger partial charge in [-0.05, 0) is 109 Å². The fourth-order valence-electron chi connectivity index (χ4n) is 8.88. The summed E-state index contributed by atoms with van der Waals surface area (Å²) in [5, 5.41) is 19.2. The van der Waals surface area contributed by atoms with Crippen molar-refractivity contribution in [2.24, 2.45) is 7.05 Å². The van der Waals surface area contributed by atoms with Gasteiger partial charge in [-0.25, -0.2) is 4.79 Å². The number of aromatic hydroxyl groups is 1. The second kappa shape index (κ2) is 16.8. The Morgan fingerprint density at radius 3 is 2.17 bits per heavy atom. The molecule has 0 unspecified atom stereocenters. The van der Waals surface area contributed by atoms with Crippen molar-refractivity contribution in [3.8, 4) is 17.0 Å². The molecule has 3 amide bonds. The van der Waals surface area contributed by atoms with Crippen LogP contribution in [0, 0.1) is 6.92 Å². The molecule has 12 heteroatoms. The number of nitrogens with zero attached hydrogens (tertiary/aromatic N) is 6. The third kappa shape index (κ3) is 8.17. The van der Waals surface area contributed by atoms with E-state index in [0.717, 1.165) is 78.3 Å². The number of carboxylic acids is 1. The molecule has 5 aromatic rings. The van der Waals surface area contributed by atoms with Gasteiger partial charge in [0, 0.05) is 101 Å². The van der Waals surface area contributed by atoms with Gasteiger partial charge in [-0.15, -0.1) is 0 Å². The van der Waals surface area contributed by atoms with Crippen LogP contribution in [0.1, 0.15) is 64.6 Å². The van der Waals surface area contributed by atoms with Crippen molar-refractivity contribution in [3.05, 3.63) is 141 Å². The Kier molecular flexibility index (Phi) is 11.3. The van der Waals surface area contributed by atoms with E-state index in [9.17, 15) is 24.6 Å². The number of carbonyl (C=O) groups is 4. The Hall–Kier alpha value is -6.24. The third-order valence-electron chi connectivity index (χ3n) is 12.8. The van der Waals surface area contributed by atoms with E-state index in [1.165, 1.54) is 17.7 Å². The molecule has 3 aliphatic heterocycles. The van der Waals surface area contributed by atoms with Crippen LogP contribution in [0.4, 0.5) is 5.69 Å². The first-order valence-corrected chi connectivity index (χ1v) is 20.6. The monoisotopic (exact) mass is 808 g/mol. The van der Waals surface area contributed by atoms with Crippen LogP contribution >= 0.6 is 0 Å². The molecule has 2 N–H and O–H groups in total. The number of carboxylic acid groups (broad SMARTS) is 1. The zero-order valence-corrected chi connectivity index (χ0v) is 34.7. The summed E-state index contributed by atoms with van der Waals surface area (Å²) in [7, 11) is 5.78. The van der Waals surface area contributed by atoms with Gasteiger partial charge in [0.1, 0.15) is 5.75 Å². The first-order chi connectivity index (χ1) is 28.8. The topological polar surface area (TPSA) is 130 Å². The maximum absolute atomic E-state index is 15.5. The van der Waals surface area contributed by atoms with Crippen LogP contribution < -0.4 is 4.90 Å². The average Bonchev–Trinajstić information content (AvgIpc) is 3.55. The summed E-state index contributed by atoms with van der Waals surface area (Å²) in [4.78, 5) is 64.9. The standard InChI is InChI=1S/C48H52N6O6/c1-31-41(46(57)51(4)38-13-15-40(55)16-14-38)27-44(50(31)3)42-25-35-17-18-53(45(56)23-32-9-11-33(12-10-32)48(59)60)28-37(35)26-43(42)47(58)54-29-36-8-6-5-7-34(36)24-39(54)30-52-21-19-49(2)20-22-52/h5-16,25-27,39,55H,17-24,28-30H2,1-4H3,(H,59,60)/t39-/m0/s1. The lowest BCUT2D eigenvalue weighted by molar-refractivity contribution is -0.131. The van der Waals surface area contributed by atoms with E-state index in [4.69, 9.17) is 0 Å². The van der Waals surface area contributed by atoms with Crippen molar-refractivity contribution in [1.82, 2.24) is 24.2 Å². The van der Waals surface area contributed by atoms with Gasteiger partial charge in [0.2, 0.25) is 5.91 Å². The van der Waals surface area contributed by atoms with Gasteiger partial charge in [-0.1, -0.05) is 36.4 Å². The van der Waals surface area contributed by atoms with Gasteiger partial charge >= 0.3 is 5.97 Å². The predicted molar refractivity (Wildman–Crippen MR) is 230 cm³/mol. The molecule has 8 rings (SSSR count). The van der Waals surface area contributed by atoms with Crippen molar-refractivity contribution in [1.29, 1.82) is 0 Å². The number of aromatic nitrogens is 1. The summed E-state index contributed by atoms with van der Waals surface area (Å²) in [6.45, 7) is 7.80. The molecular formula is C48H52N6O6. The molecule has 1 saturated heterocycles. The molecule has 60 heavy (non-hydrogen) atoms. The van der Waals surface area contributed by atoms with Crippen LogP contribution in [0.25, 0.3) is 11.3 Å². The number of aromatic carboxylic acids is 1. The summed E-state index contributed by atoms with van der Waals surface area (Å²) in [5.74, 6) is -1.27. The molecule has 4 heterocycles. The molecule has 4 aromatic carbocycles. The minimum Gasteiger partial charge on any atom is -0.508 e. The molecule has 1 fully saturated rings. The number of anilines is 1. The number of rotatable bonds is 9. The molecule has 0 aliphatic carbocycles. The number of amides is 3. The smallest absolute Gasteiger partial charge is 0.335 e. The number of hydrogen-bond donors (Lipinski definition) is 2. The van der Waals surface area contributed by atoms with Crippen LogP contribution in [0.3, 0.4) is 0 Å². The highest BCUT2D eigenvalue weighted by atomic mass is 16.4. The van der Waals surface area contributed by atoms with Crippen LogP contribution in [-0.2, 0) is 44.2 Å². The molecule has 12 nitrogen and oxygen atoms in total. The molecule has 1 aromatic heterocycles. The Balaban J connectivity index is 1.17. The number of likely N-dealkylation sites (N-methyl/N-ethyl adjacent to an activating group) is 1. The number of fused-ring (bicyclic) bond motifs is 2. The van der Waals surface area contributed by atoms with Gasteiger partial charge in [0.15, 0.2) is 0 Å². The van der Waals surface area contributed by atoms with E-state index < -0.39 is 5.97 Å². The quantitative estimate of drug-likeness (QED) is 0.197. The highest BCUT2D eigenvalue weighted by molar-refractivity contribution is 6.08. The highest BCUT2D eigenvalue weighted by Gasteiger charge is 2.35. The van der Waals surface area contributed by atoms with Gasteiger partial charge in [-0.3, -0.25) is 19.3 Å². The molecule has 310 valence electrons. The van der Waals surface area contributed by atoms with E-state index in [1.807, 2.05) is 46.5 Å². The Bertz CT molecular complexity index is 2450. The van der Waals surface area contributed by atoms with Crippen LogP contribution in [0.5, 0.6) is 5.75 Å². The van der Waals surface area contributed by atoms with Crippen molar-refractivity contribution in [2.45, 2.75) is 45.3 Å². The van der Waals surface area contributed by atoms with E-state index in [1.54, 1.807) is 48.3 Å². The summed E-state index contributed by atoms with van der Waals surface area (Å²) in [6.07, 6.45) is 1.47. The SMILES string of the molecule is Cc1c(C(=O)N(C)c2ccc(O)cc2)cc(-c2cc3c(cc2C(=O)N2Cc4ccccc4C[C@H]2CN2CCN(C)CC2)CN(C(=O)Cc2ccc(C(=O)O)cc2)CC3)n1C. The predicted octanol–water partition coefficient (Wildman–Crippen LogP) is 5.62. The van der Waals surface area contributed by atoms with E-state index in [2.05, 4.69) is 41.1 Å². The summed E-state index contributed by atoms with van der Waals surface area (Å²) in [6, 6.07) is 27.2. The molecule has 3 aliphatic rings. The zero-order chi connectivity index (χ0) is 42.2. The van der Waals surface area contributed by atoms with E-state index in [-0.39, 0.29) is 41.5 Å². The average molecular weight is 809 g/mol. The van der Waals surface area contributed by atoms with Crippen molar-refractivity contribution in [3.63, 3.8) is 0 Å². The first kappa shape index (κ1) is 40.5. The minimum atomic E-state index is -1.01. The van der Waals surface area contributed by atoms with Crippen molar-refractivity contribution in [2.75, 3.05) is 58.3 Å². The largest absolute Gasteiger partial charge is 0.508 e. The van der Waals surface area contributed by atoms with Gasteiger partial charge in [0.05, 0.1) is 17.5 Å². The number of phenols is 1. The van der Waals surface area contributed by atoms with Crippen LogP contribution in [0.2, 0.25) is 0 Å². The highest BCUT2D eigenvalue weighted by Crippen LogP contribution is 2.36. The molecule has 0 saturated carbocycles. The summed E-state index contributed by atoms with van der Waals surface area (Å²) in [5.41, 5.74) is 9.17. The maximum atomic E-state index is 15.5. The van der Waals surface area contributed by atoms with Crippen molar-refractivity contribution < 1.29 is 29.4 Å². The van der Waals surface area contributed by atoms with Crippen LogP contribution in [0.15, 0.2) is 91.0 Å². The van der Waals surface area contributed by atoms with E-state index >= 15 is 4.79 Å². The lowest BCUT2D eigenvalue weighted by Crippen LogP contribution is -2.53. The molecule has 0 bridgehead atoms. The van der Waals surface area contributed by atoms with Crippen LogP contribution in [-0.4, -0.2) is 117 Å². The number of carbonyl (C=O) groups excluding carboxylic acids is 3. The normalized spacial score (nSPS) is 16.9. The second-order valence-corrected chi connectivity index (χ2v) is 16.5. The van der Waals surface area contributed by atoms with E-state index in [0.29, 0.717) is 42.9 Å². The van der Waals surface area contributed by atoms with Gasteiger partial charge in [-0.2, -0.15) is 0 Å². The molecular weight excluding hydrogens is 757 g/mol. The lowest BCUT2D eigenvalue weighted by atomic mass is 9.89. The Morgan fingerprint density at radius 2 is 1.47 bits per heavy atom.